The van der Waals surface area contributed by atoms with Crippen molar-refractivity contribution in [2.24, 2.45) is 11.1 Å². The average Bonchev–Trinajstić information content (AvgIpc) is 2.28. The van der Waals surface area contributed by atoms with Crippen LogP contribution in [0.4, 0.5) is 0 Å². The van der Waals surface area contributed by atoms with Crippen LogP contribution >= 0.6 is 15.9 Å². The van der Waals surface area contributed by atoms with E-state index < -0.39 is 0 Å². The molecule has 4 heteroatoms. The lowest BCUT2D eigenvalue weighted by atomic mass is 9.77. The molecular weight excluding hydrogens is 304 g/mol. The van der Waals surface area contributed by atoms with Crippen molar-refractivity contribution in [1.29, 1.82) is 0 Å². The van der Waals surface area contributed by atoms with Gasteiger partial charge in [-0.05, 0) is 50.7 Å². The lowest BCUT2D eigenvalue weighted by Crippen LogP contribution is -2.35. The number of nitrogens with zero attached hydrogens (tertiary/aromatic N) is 1. The summed E-state index contributed by atoms with van der Waals surface area (Å²) >= 11 is 3.55. The molecule has 108 valence electrons. The largest absolute Gasteiger partial charge is 0.496 e. The van der Waals surface area contributed by atoms with Crippen LogP contribution in [-0.2, 0) is 0 Å². The fourth-order valence-corrected chi connectivity index (χ4v) is 3.20. The number of halogens is 1. The Labute approximate surface area is 125 Å². The van der Waals surface area contributed by atoms with Crippen molar-refractivity contribution in [2.45, 2.75) is 26.3 Å². The molecule has 0 amide bonds. The summed E-state index contributed by atoms with van der Waals surface area (Å²) in [4.78, 5) is 2.24. The second-order valence-corrected chi connectivity index (χ2v) is 6.70. The first kappa shape index (κ1) is 16.5. The van der Waals surface area contributed by atoms with E-state index in [1.807, 2.05) is 12.1 Å². The van der Waals surface area contributed by atoms with Gasteiger partial charge in [-0.25, -0.2) is 0 Å². The standard InChI is InChI=1S/C15H25BrN2O/c1-15(2,8-9-17)14(18(3)4)12-10-11(16)6-7-13(12)19-5/h6-7,10,14H,8-9,17H2,1-5H3. The molecule has 2 N–H and O–H groups in total. The molecular formula is C15H25BrN2O. The van der Waals surface area contributed by atoms with Gasteiger partial charge in [-0.15, -0.1) is 0 Å². The summed E-state index contributed by atoms with van der Waals surface area (Å²) in [5.74, 6) is 0.923. The Morgan fingerprint density at radius 2 is 2.00 bits per heavy atom. The van der Waals surface area contributed by atoms with Gasteiger partial charge in [0, 0.05) is 16.1 Å². The molecule has 0 saturated carbocycles. The van der Waals surface area contributed by atoms with E-state index in [1.54, 1.807) is 7.11 Å². The molecule has 0 fully saturated rings. The van der Waals surface area contributed by atoms with Crippen LogP contribution in [0.25, 0.3) is 0 Å². The third-order valence-corrected chi connectivity index (χ3v) is 4.02. The van der Waals surface area contributed by atoms with Crippen LogP contribution in [0, 0.1) is 5.41 Å². The Morgan fingerprint density at radius 1 is 1.37 bits per heavy atom. The van der Waals surface area contributed by atoms with E-state index in [9.17, 15) is 0 Å². The molecule has 0 heterocycles. The Kier molecular flexibility index (Phi) is 5.83. The van der Waals surface area contributed by atoms with Gasteiger partial charge in [-0.2, -0.15) is 0 Å². The number of rotatable bonds is 6. The molecule has 1 unspecified atom stereocenters. The number of methoxy groups -OCH3 is 1. The second kappa shape index (κ2) is 6.73. The fraction of sp³-hybridized carbons (Fsp3) is 0.600. The summed E-state index contributed by atoms with van der Waals surface area (Å²) in [5.41, 5.74) is 7.04. The Bertz CT molecular complexity index is 419. The first-order valence-corrected chi connectivity index (χ1v) is 7.32. The summed E-state index contributed by atoms with van der Waals surface area (Å²) in [5, 5.41) is 0. The smallest absolute Gasteiger partial charge is 0.123 e. The highest BCUT2D eigenvalue weighted by Gasteiger charge is 2.33. The second-order valence-electron chi connectivity index (χ2n) is 5.78. The van der Waals surface area contributed by atoms with Crippen LogP contribution in [0.3, 0.4) is 0 Å². The summed E-state index contributed by atoms with van der Waals surface area (Å²) in [6, 6.07) is 6.41. The van der Waals surface area contributed by atoms with E-state index >= 15 is 0 Å². The predicted octanol–water partition coefficient (Wildman–Crippen LogP) is 3.44. The number of ether oxygens (including phenoxy) is 1. The minimum atomic E-state index is 0.0757. The number of nitrogens with two attached hydrogens (primary N) is 1. The van der Waals surface area contributed by atoms with E-state index in [0.29, 0.717) is 6.54 Å². The molecule has 3 nitrogen and oxygen atoms in total. The van der Waals surface area contributed by atoms with Gasteiger partial charge in [0.2, 0.25) is 0 Å². The average molecular weight is 329 g/mol. The van der Waals surface area contributed by atoms with Gasteiger partial charge in [-0.3, -0.25) is 0 Å². The third kappa shape index (κ3) is 3.94. The molecule has 0 aliphatic heterocycles. The van der Waals surface area contributed by atoms with Crippen molar-refractivity contribution in [3.8, 4) is 5.75 Å². The molecule has 0 radical (unpaired) electrons. The Hall–Kier alpha value is -0.580. The molecule has 1 rings (SSSR count). The van der Waals surface area contributed by atoms with Gasteiger partial charge >= 0.3 is 0 Å². The highest BCUT2D eigenvalue weighted by Crippen LogP contribution is 2.43. The lowest BCUT2D eigenvalue weighted by molar-refractivity contribution is 0.125. The van der Waals surface area contributed by atoms with Crippen LogP contribution in [0.5, 0.6) is 5.75 Å². The molecule has 0 aliphatic rings. The van der Waals surface area contributed by atoms with Gasteiger partial charge in [0.1, 0.15) is 5.75 Å². The van der Waals surface area contributed by atoms with Crippen LogP contribution in [0.15, 0.2) is 22.7 Å². The fourth-order valence-electron chi connectivity index (χ4n) is 2.83. The SMILES string of the molecule is COc1ccc(Br)cc1C(N(C)C)C(C)(C)CCN. The third-order valence-electron chi connectivity index (χ3n) is 3.53. The maximum absolute atomic E-state index is 5.77. The van der Waals surface area contributed by atoms with Crippen molar-refractivity contribution >= 4 is 15.9 Å². The van der Waals surface area contributed by atoms with Crippen LogP contribution < -0.4 is 10.5 Å². The maximum Gasteiger partial charge on any atom is 0.123 e. The quantitative estimate of drug-likeness (QED) is 0.869. The van der Waals surface area contributed by atoms with E-state index in [-0.39, 0.29) is 11.5 Å². The highest BCUT2D eigenvalue weighted by atomic mass is 79.9. The predicted molar refractivity (Wildman–Crippen MR) is 84.6 cm³/mol. The topological polar surface area (TPSA) is 38.5 Å². The maximum atomic E-state index is 5.77. The minimum Gasteiger partial charge on any atom is -0.496 e. The van der Waals surface area contributed by atoms with Crippen molar-refractivity contribution in [1.82, 2.24) is 4.90 Å². The Balaban J connectivity index is 3.30. The molecule has 0 bridgehead atoms. The van der Waals surface area contributed by atoms with E-state index in [0.717, 1.165) is 16.6 Å². The Morgan fingerprint density at radius 3 is 2.47 bits per heavy atom. The van der Waals surface area contributed by atoms with E-state index in [4.69, 9.17) is 10.5 Å². The number of hydrogen-bond donors (Lipinski definition) is 1. The minimum absolute atomic E-state index is 0.0757. The van der Waals surface area contributed by atoms with Crippen molar-refractivity contribution in [3.63, 3.8) is 0 Å². The highest BCUT2D eigenvalue weighted by molar-refractivity contribution is 9.10. The summed E-state index contributed by atoms with van der Waals surface area (Å²) in [6.07, 6.45) is 0.964. The lowest BCUT2D eigenvalue weighted by Gasteiger charge is -2.39. The molecule has 1 aromatic rings. The summed E-state index contributed by atoms with van der Waals surface area (Å²) in [7, 11) is 5.92. The molecule has 19 heavy (non-hydrogen) atoms. The molecule has 0 aliphatic carbocycles. The van der Waals surface area contributed by atoms with E-state index in [2.05, 4.69) is 54.8 Å². The monoisotopic (exact) mass is 328 g/mol. The van der Waals surface area contributed by atoms with Crippen LogP contribution in [-0.4, -0.2) is 32.6 Å². The molecule has 1 aromatic carbocycles. The summed E-state index contributed by atoms with van der Waals surface area (Å²) in [6.45, 7) is 5.20. The van der Waals surface area contributed by atoms with Crippen molar-refractivity contribution in [2.75, 3.05) is 27.7 Å². The number of hydrogen-bond acceptors (Lipinski definition) is 3. The zero-order valence-corrected chi connectivity index (χ0v) is 14.1. The molecule has 0 saturated heterocycles. The van der Waals surface area contributed by atoms with Crippen LogP contribution in [0.2, 0.25) is 0 Å². The number of benzene rings is 1. The summed E-state index contributed by atoms with van der Waals surface area (Å²) < 4.78 is 6.59. The van der Waals surface area contributed by atoms with Gasteiger partial charge in [-0.1, -0.05) is 29.8 Å². The zero-order valence-electron chi connectivity index (χ0n) is 12.5. The van der Waals surface area contributed by atoms with Gasteiger partial charge < -0.3 is 15.4 Å². The van der Waals surface area contributed by atoms with Crippen molar-refractivity contribution in [3.05, 3.63) is 28.2 Å². The molecule has 0 spiro atoms. The molecule has 1 atom stereocenters. The van der Waals surface area contributed by atoms with Crippen molar-refractivity contribution < 1.29 is 4.74 Å². The molecule has 0 aromatic heterocycles. The first-order chi connectivity index (χ1) is 8.83. The van der Waals surface area contributed by atoms with Gasteiger partial charge in [0.15, 0.2) is 0 Å². The van der Waals surface area contributed by atoms with E-state index in [1.165, 1.54) is 5.56 Å². The normalized spacial score (nSPS) is 13.7. The first-order valence-electron chi connectivity index (χ1n) is 6.53. The van der Waals surface area contributed by atoms with Gasteiger partial charge in [0.05, 0.1) is 7.11 Å². The zero-order chi connectivity index (χ0) is 14.6. The van der Waals surface area contributed by atoms with Crippen LogP contribution in [0.1, 0.15) is 31.9 Å². The van der Waals surface area contributed by atoms with Gasteiger partial charge in [0.25, 0.3) is 0 Å².